The summed E-state index contributed by atoms with van der Waals surface area (Å²) in [6.45, 7) is 0. The lowest BCUT2D eigenvalue weighted by atomic mass is 9.65. The SMILES string of the molecule is c1ccc(C(c2ccccc2)(c2ccccc2)c2ccc(-c3c4ccccc4c(-c4ccc5c(ccc6ccccc65)c4)c4ccccc34)cc2)cc1. The summed E-state index contributed by atoms with van der Waals surface area (Å²) in [4.78, 5) is 0. The van der Waals surface area contributed by atoms with Crippen LogP contribution in [0.2, 0.25) is 0 Å². The van der Waals surface area contributed by atoms with Crippen molar-refractivity contribution in [3.05, 3.63) is 241 Å². The molecule has 10 aromatic rings. The zero-order chi connectivity index (χ0) is 35.2. The van der Waals surface area contributed by atoms with E-state index < -0.39 is 5.41 Å². The molecule has 0 radical (unpaired) electrons. The van der Waals surface area contributed by atoms with Crippen molar-refractivity contribution < 1.29 is 0 Å². The Morgan fingerprint density at radius 1 is 0.226 bits per heavy atom. The first-order valence-corrected chi connectivity index (χ1v) is 18.4. The Kier molecular flexibility index (Phi) is 7.48. The first-order valence-electron chi connectivity index (χ1n) is 18.4. The Morgan fingerprint density at radius 2 is 0.585 bits per heavy atom. The largest absolute Gasteiger partial charge is 0.0701 e. The Balaban J connectivity index is 1.19. The van der Waals surface area contributed by atoms with E-state index in [4.69, 9.17) is 0 Å². The highest BCUT2D eigenvalue weighted by Crippen LogP contribution is 2.48. The predicted molar refractivity (Wildman–Crippen MR) is 226 cm³/mol. The summed E-state index contributed by atoms with van der Waals surface area (Å²) in [5, 5.41) is 10.1. The molecule has 10 aromatic carbocycles. The van der Waals surface area contributed by atoms with Gasteiger partial charge >= 0.3 is 0 Å². The molecule has 0 saturated heterocycles. The molecular weight excluding hydrogens is 637 g/mol. The Bertz CT molecular complexity index is 2750. The lowest BCUT2D eigenvalue weighted by Gasteiger charge is -2.37. The summed E-state index contributed by atoms with van der Waals surface area (Å²) >= 11 is 0. The molecule has 0 spiro atoms. The molecule has 0 aromatic heterocycles. The average molecular weight is 673 g/mol. The minimum atomic E-state index is -0.488. The Morgan fingerprint density at radius 3 is 1.09 bits per heavy atom. The first-order chi connectivity index (χ1) is 26.3. The first kappa shape index (κ1) is 31.0. The molecule has 0 atom stereocenters. The van der Waals surface area contributed by atoms with Gasteiger partial charge in [-0.1, -0.05) is 212 Å². The average Bonchev–Trinajstić information content (AvgIpc) is 3.24. The van der Waals surface area contributed by atoms with E-state index in [1.54, 1.807) is 0 Å². The fourth-order valence-electron chi connectivity index (χ4n) is 8.87. The standard InChI is InChI=1S/C53H36/c1-4-17-41(18-5-1)53(42-19-6-2-7-20-42,43-21-8-3-9-22-43)44-33-30-38(31-34-44)51-47-24-12-14-26-49(47)52(50-27-15-13-25-48(50)51)40-32-35-46-39(36-40)29-28-37-16-10-11-23-45(37)46/h1-36H. The van der Waals surface area contributed by atoms with Gasteiger partial charge in [0.05, 0.1) is 5.41 Å². The maximum absolute atomic E-state index is 2.38. The van der Waals surface area contributed by atoms with Gasteiger partial charge in [-0.15, -0.1) is 0 Å². The summed E-state index contributed by atoms with van der Waals surface area (Å²) < 4.78 is 0. The van der Waals surface area contributed by atoms with Gasteiger partial charge < -0.3 is 0 Å². The fourth-order valence-corrected chi connectivity index (χ4v) is 8.87. The van der Waals surface area contributed by atoms with Crippen LogP contribution in [-0.4, -0.2) is 0 Å². The molecule has 0 heterocycles. The van der Waals surface area contributed by atoms with E-state index in [0.29, 0.717) is 0 Å². The van der Waals surface area contributed by atoms with Crippen LogP contribution in [0, 0.1) is 0 Å². The van der Waals surface area contributed by atoms with Crippen molar-refractivity contribution in [2.45, 2.75) is 5.41 Å². The van der Waals surface area contributed by atoms with E-state index in [2.05, 4.69) is 218 Å². The highest BCUT2D eigenvalue weighted by atomic mass is 14.4. The normalized spacial score (nSPS) is 11.8. The second-order valence-corrected chi connectivity index (χ2v) is 14.0. The van der Waals surface area contributed by atoms with Gasteiger partial charge in [0.25, 0.3) is 0 Å². The molecule has 0 heteroatoms. The number of rotatable bonds is 6. The van der Waals surface area contributed by atoms with Crippen LogP contribution in [-0.2, 0) is 5.41 Å². The van der Waals surface area contributed by atoms with Crippen molar-refractivity contribution in [2.24, 2.45) is 0 Å². The molecular formula is C53H36. The maximum Gasteiger partial charge on any atom is 0.0701 e. The van der Waals surface area contributed by atoms with E-state index in [0.717, 1.165) is 0 Å². The zero-order valence-corrected chi connectivity index (χ0v) is 29.3. The molecule has 0 unspecified atom stereocenters. The highest BCUT2D eigenvalue weighted by Gasteiger charge is 2.38. The van der Waals surface area contributed by atoms with Gasteiger partial charge in [0.15, 0.2) is 0 Å². The van der Waals surface area contributed by atoms with Gasteiger partial charge in [0.2, 0.25) is 0 Å². The second-order valence-electron chi connectivity index (χ2n) is 14.0. The summed E-state index contributed by atoms with van der Waals surface area (Å²) in [6, 6.07) is 80.3. The van der Waals surface area contributed by atoms with Gasteiger partial charge in [-0.05, 0) is 93.7 Å². The third kappa shape index (κ3) is 4.99. The monoisotopic (exact) mass is 672 g/mol. The van der Waals surface area contributed by atoms with E-state index >= 15 is 0 Å². The maximum atomic E-state index is 2.38. The third-order valence-corrected chi connectivity index (χ3v) is 11.2. The van der Waals surface area contributed by atoms with Gasteiger partial charge in [0.1, 0.15) is 0 Å². The van der Waals surface area contributed by atoms with Gasteiger partial charge in [-0.25, -0.2) is 0 Å². The van der Waals surface area contributed by atoms with Crippen molar-refractivity contribution in [3.63, 3.8) is 0 Å². The molecule has 248 valence electrons. The van der Waals surface area contributed by atoms with Gasteiger partial charge in [0, 0.05) is 0 Å². The Labute approximate surface area is 310 Å². The van der Waals surface area contributed by atoms with Crippen molar-refractivity contribution in [1.29, 1.82) is 0 Å². The van der Waals surface area contributed by atoms with Crippen LogP contribution in [0.25, 0.3) is 65.3 Å². The summed E-state index contributed by atoms with van der Waals surface area (Å²) in [7, 11) is 0. The van der Waals surface area contributed by atoms with E-state index in [-0.39, 0.29) is 0 Å². The van der Waals surface area contributed by atoms with Gasteiger partial charge in [-0.2, -0.15) is 0 Å². The molecule has 0 aliphatic rings. The Hall–Kier alpha value is -6.76. The van der Waals surface area contributed by atoms with E-state index in [1.807, 2.05) is 0 Å². The fraction of sp³-hybridized carbons (Fsp3) is 0.0189. The molecule has 10 rings (SSSR count). The van der Waals surface area contributed by atoms with Crippen molar-refractivity contribution in [1.82, 2.24) is 0 Å². The number of fused-ring (bicyclic) bond motifs is 5. The van der Waals surface area contributed by atoms with Crippen molar-refractivity contribution >= 4 is 43.1 Å². The molecule has 0 fully saturated rings. The highest BCUT2D eigenvalue weighted by molar-refractivity contribution is 6.22. The van der Waals surface area contributed by atoms with Gasteiger partial charge in [-0.3, -0.25) is 0 Å². The lowest BCUT2D eigenvalue weighted by molar-refractivity contribution is 0.745. The van der Waals surface area contributed by atoms with Crippen molar-refractivity contribution in [2.75, 3.05) is 0 Å². The van der Waals surface area contributed by atoms with Crippen LogP contribution in [0.4, 0.5) is 0 Å². The molecule has 0 aliphatic heterocycles. The lowest BCUT2D eigenvalue weighted by Crippen LogP contribution is -2.30. The van der Waals surface area contributed by atoms with Crippen LogP contribution < -0.4 is 0 Å². The molecule has 0 nitrogen and oxygen atoms in total. The number of hydrogen-bond acceptors (Lipinski definition) is 0. The van der Waals surface area contributed by atoms with Crippen LogP contribution in [0.5, 0.6) is 0 Å². The quantitative estimate of drug-likeness (QED) is 0.0937. The van der Waals surface area contributed by atoms with Crippen LogP contribution in [0.1, 0.15) is 22.3 Å². The molecule has 0 saturated carbocycles. The van der Waals surface area contributed by atoms with Crippen LogP contribution >= 0.6 is 0 Å². The topological polar surface area (TPSA) is 0 Å². The molecule has 0 bridgehead atoms. The van der Waals surface area contributed by atoms with Crippen LogP contribution in [0.3, 0.4) is 0 Å². The number of benzene rings is 10. The van der Waals surface area contributed by atoms with Crippen LogP contribution in [0.15, 0.2) is 218 Å². The molecule has 0 amide bonds. The zero-order valence-electron chi connectivity index (χ0n) is 29.3. The smallest absolute Gasteiger partial charge is 0.0622 e. The molecule has 0 N–H and O–H groups in total. The second kappa shape index (κ2) is 12.8. The third-order valence-electron chi connectivity index (χ3n) is 11.2. The minimum absolute atomic E-state index is 0.488. The summed E-state index contributed by atoms with van der Waals surface area (Å²) in [6.07, 6.45) is 0. The minimum Gasteiger partial charge on any atom is -0.0622 e. The van der Waals surface area contributed by atoms with Crippen molar-refractivity contribution in [3.8, 4) is 22.3 Å². The molecule has 53 heavy (non-hydrogen) atoms. The molecule has 0 aliphatic carbocycles. The number of hydrogen-bond donors (Lipinski definition) is 0. The predicted octanol–water partition coefficient (Wildman–Crippen LogP) is 14.0. The van der Waals surface area contributed by atoms with E-state index in [1.165, 1.54) is 87.6 Å². The summed E-state index contributed by atoms with van der Waals surface area (Å²) in [5.74, 6) is 0. The van der Waals surface area contributed by atoms with E-state index in [9.17, 15) is 0 Å². The summed E-state index contributed by atoms with van der Waals surface area (Å²) in [5.41, 5.74) is 9.47.